The van der Waals surface area contributed by atoms with Gasteiger partial charge in [-0.3, -0.25) is 0 Å². The Morgan fingerprint density at radius 3 is 2.30 bits per heavy atom. The van der Waals surface area contributed by atoms with E-state index in [1.807, 2.05) is 37.8 Å². The lowest BCUT2D eigenvalue weighted by molar-refractivity contribution is 0.0205. The van der Waals surface area contributed by atoms with Crippen LogP contribution in [-0.4, -0.2) is 69.9 Å². The van der Waals surface area contributed by atoms with Gasteiger partial charge in [-0.2, -0.15) is 0 Å². The van der Waals surface area contributed by atoms with E-state index in [1.165, 1.54) is 10.5 Å². The van der Waals surface area contributed by atoms with Gasteiger partial charge in [-0.15, -0.1) is 11.8 Å². The molecule has 0 unspecified atom stereocenters. The van der Waals surface area contributed by atoms with Crippen LogP contribution in [0.25, 0.3) is 5.57 Å². The molecule has 2 aromatic rings. The Balaban J connectivity index is 1.96. The summed E-state index contributed by atoms with van der Waals surface area (Å²) in [6, 6.07) is 13.2. The molecule has 2 aromatic carbocycles. The third-order valence-electron chi connectivity index (χ3n) is 7.61. The zero-order valence-corrected chi connectivity index (χ0v) is 28.6. The number of thioether (sulfide) groups is 1. The Kier molecular flexibility index (Phi) is 13.3. The lowest BCUT2D eigenvalue weighted by atomic mass is 9.96. The van der Waals surface area contributed by atoms with Crippen LogP contribution in [0.1, 0.15) is 58.1 Å². The molecule has 0 saturated carbocycles. The Morgan fingerprint density at radius 2 is 1.77 bits per heavy atom. The second-order valence-electron chi connectivity index (χ2n) is 11.8. The lowest BCUT2D eigenvalue weighted by Crippen LogP contribution is -2.48. The molecular formula is C36H50N2O5S. The van der Waals surface area contributed by atoms with Crippen LogP contribution in [0.4, 0.5) is 10.5 Å². The molecule has 44 heavy (non-hydrogen) atoms. The van der Waals surface area contributed by atoms with E-state index in [9.17, 15) is 4.79 Å². The largest absolute Gasteiger partial charge is 0.493 e. The first-order chi connectivity index (χ1) is 21.1. The van der Waals surface area contributed by atoms with Crippen molar-refractivity contribution in [2.45, 2.75) is 70.1 Å². The first kappa shape index (κ1) is 35.1. The summed E-state index contributed by atoms with van der Waals surface area (Å²) in [5.41, 5.74) is 4.97. The van der Waals surface area contributed by atoms with Gasteiger partial charge in [-0.25, -0.2) is 4.79 Å². The van der Waals surface area contributed by atoms with Gasteiger partial charge in [0.1, 0.15) is 5.60 Å². The molecule has 240 valence electrons. The molecule has 0 aromatic heterocycles. The molecule has 0 radical (unpaired) electrons. The van der Waals surface area contributed by atoms with Gasteiger partial charge < -0.3 is 28.7 Å². The van der Waals surface area contributed by atoms with E-state index < -0.39 is 5.60 Å². The third-order valence-corrected chi connectivity index (χ3v) is 8.36. The molecule has 7 nitrogen and oxygen atoms in total. The highest BCUT2D eigenvalue weighted by Crippen LogP contribution is 2.37. The first-order valence-electron chi connectivity index (χ1n) is 15.2. The van der Waals surface area contributed by atoms with Gasteiger partial charge in [0.05, 0.1) is 20.8 Å². The van der Waals surface area contributed by atoms with Crippen molar-refractivity contribution < 1.29 is 23.7 Å². The third kappa shape index (κ3) is 9.57. The topological polar surface area (TPSA) is 60.5 Å². The van der Waals surface area contributed by atoms with Gasteiger partial charge in [-0.1, -0.05) is 31.7 Å². The van der Waals surface area contributed by atoms with Crippen LogP contribution in [-0.2, 0) is 16.1 Å². The minimum absolute atomic E-state index is 0.239. The van der Waals surface area contributed by atoms with Crippen molar-refractivity contribution in [3.63, 3.8) is 0 Å². The maximum atomic E-state index is 12.8. The second-order valence-corrected chi connectivity index (χ2v) is 12.7. The van der Waals surface area contributed by atoms with Crippen molar-refractivity contribution in [2.24, 2.45) is 0 Å². The van der Waals surface area contributed by atoms with Gasteiger partial charge >= 0.3 is 6.09 Å². The van der Waals surface area contributed by atoms with Crippen LogP contribution < -0.4 is 14.4 Å². The van der Waals surface area contributed by atoms with Crippen LogP contribution >= 0.6 is 11.8 Å². The fourth-order valence-electron chi connectivity index (χ4n) is 5.49. The summed E-state index contributed by atoms with van der Waals surface area (Å²) in [7, 11) is 4.99. The molecule has 1 aliphatic heterocycles. The van der Waals surface area contributed by atoms with Crippen molar-refractivity contribution >= 4 is 29.1 Å². The van der Waals surface area contributed by atoms with Gasteiger partial charge in [0.2, 0.25) is 0 Å². The molecule has 8 heteroatoms. The van der Waals surface area contributed by atoms with E-state index in [4.69, 9.17) is 18.9 Å². The molecule has 0 N–H and O–H groups in total. The number of benzene rings is 2. The summed E-state index contributed by atoms with van der Waals surface area (Å²) in [6.07, 6.45) is 10.6. The van der Waals surface area contributed by atoms with Crippen molar-refractivity contribution in [2.75, 3.05) is 52.1 Å². The van der Waals surface area contributed by atoms with Crippen LogP contribution in [0, 0.1) is 0 Å². The Labute approximate surface area is 268 Å². The number of ether oxygens (including phenoxy) is 4. The van der Waals surface area contributed by atoms with Gasteiger partial charge in [-0.05, 0) is 99.4 Å². The first-order valence-corrected chi connectivity index (χ1v) is 16.4. The Hall–Kier alpha value is -3.36. The highest BCUT2D eigenvalue weighted by Gasteiger charge is 2.30. The summed E-state index contributed by atoms with van der Waals surface area (Å²) in [5, 5.41) is 0. The lowest BCUT2D eigenvalue weighted by Gasteiger charge is -2.40. The van der Waals surface area contributed by atoms with Crippen LogP contribution in [0.3, 0.4) is 0 Å². The number of amides is 1. The number of carbonyl (C=O) groups is 1. The SMILES string of the molecule is C=C/C=C(\C=C(/CC)c1cc(COC)c(OC)c(OC)c1)CN(c1ccc(SC)cc1)C1CCN(C(=O)OC(C)(C)C)CC1. The zero-order valence-electron chi connectivity index (χ0n) is 27.8. The van der Waals surface area contributed by atoms with E-state index in [2.05, 4.69) is 67.1 Å². The molecule has 1 fully saturated rings. The van der Waals surface area contributed by atoms with E-state index >= 15 is 0 Å². The standard InChI is InChI=1S/C36H50N2O5S/c1-10-12-26(21-27(11-2)28-22-29(25-40-6)34(42-8)33(23-28)41-7)24-38(30-13-15-32(44-9)16-14-30)31-17-19-37(20-18-31)35(39)43-36(3,4)5/h10,12-16,21-23,31H,1,11,17-20,24-25H2,2-9H3/b26-12+,27-21+. The van der Waals surface area contributed by atoms with Crippen LogP contribution in [0.2, 0.25) is 0 Å². The fourth-order valence-corrected chi connectivity index (χ4v) is 5.90. The number of carbonyl (C=O) groups excluding carboxylic acids is 1. The van der Waals surface area contributed by atoms with E-state index in [0.29, 0.717) is 37.7 Å². The number of allylic oxidation sites excluding steroid dienone is 3. The zero-order chi connectivity index (χ0) is 32.3. The van der Waals surface area contributed by atoms with Gasteiger partial charge in [0.25, 0.3) is 0 Å². The predicted octanol–water partition coefficient (Wildman–Crippen LogP) is 8.38. The van der Waals surface area contributed by atoms with Crippen LogP contribution in [0.5, 0.6) is 11.5 Å². The highest BCUT2D eigenvalue weighted by molar-refractivity contribution is 7.98. The van der Waals surface area contributed by atoms with Crippen LogP contribution in [0.15, 0.2) is 71.7 Å². The molecule has 1 saturated heterocycles. The maximum absolute atomic E-state index is 12.8. The van der Waals surface area contributed by atoms with Crippen molar-refractivity contribution in [3.05, 3.63) is 77.9 Å². The summed E-state index contributed by atoms with van der Waals surface area (Å²) in [6.45, 7) is 14.3. The fraction of sp³-hybridized carbons (Fsp3) is 0.472. The van der Waals surface area contributed by atoms with Crippen molar-refractivity contribution in [1.82, 2.24) is 4.90 Å². The number of hydrogen-bond acceptors (Lipinski definition) is 7. The quantitative estimate of drug-likeness (QED) is 0.164. The number of hydrogen-bond donors (Lipinski definition) is 0. The molecule has 1 aliphatic rings. The molecule has 1 heterocycles. The number of anilines is 1. The second kappa shape index (κ2) is 16.6. The summed E-state index contributed by atoms with van der Waals surface area (Å²) < 4.78 is 22.5. The molecule has 0 bridgehead atoms. The minimum atomic E-state index is -0.509. The van der Waals surface area contributed by atoms with Crippen molar-refractivity contribution in [1.29, 1.82) is 0 Å². The molecule has 0 atom stereocenters. The monoisotopic (exact) mass is 622 g/mol. The Bertz CT molecular complexity index is 1310. The Morgan fingerprint density at radius 1 is 1.09 bits per heavy atom. The number of likely N-dealkylation sites (tertiary alicyclic amines) is 1. The number of nitrogens with zero attached hydrogens (tertiary/aromatic N) is 2. The molecular weight excluding hydrogens is 572 g/mol. The predicted molar refractivity (Wildman–Crippen MR) is 183 cm³/mol. The highest BCUT2D eigenvalue weighted by atomic mass is 32.2. The minimum Gasteiger partial charge on any atom is -0.493 e. The summed E-state index contributed by atoms with van der Waals surface area (Å²) in [4.78, 5) is 18.3. The molecule has 3 rings (SSSR count). The average molecular weight is 623 g/mol. The smallest absolute Gasteiger partial charge is 0.410 e. The number of rotatable bonds is 13. The normalized spacial score (nSPS) is 14.8. The maximum Gasteiger partial charge on any atom is 0.410 e. The van der Waals surface area contributed by atoms with E-state index in [0.717, 1.165) is 41.6 Å². The van der Waals surface area contributed by atoms with E-state index in [1.54, 1.807) is 33.1 Å². The number of methoxy groups -OCH3 is 3. The van der Waals surface area contributed by atoms with Crippen molar-refractivity contribution in [3.8, 4) is 11.5 Å². The van der Waals surface area contributed by atoms with E-state index in [-0.39, 0.29) is 12.1 Å². The molecule has 0 spiro atoms. The van der Waals surface area contributed by atoms with Gasteiger partial charge in [0.15, 0.2) is 11.5 Å². The summed E-state index contributed by atoms with van der Waals surface area (Å²) >= 11 is 1.73. The average Bonchev–Trinajstić information content (AvgIpc) is 3.01. The number of piperidine rings is 1. The molecule has 1 amide bonds. The van der Waals surface area contributed by atoms with Gasteiger partial charge in [0, 0.05) is 48.9 Å². The molecule has 0 aliphatic carbocycles. The summed E-state index contributed by atoms with van der Waals surface area (Å²) in [5.74, 6) is 1.37.